The van der Waals surface area contributed by atoms with Crippen molar-refractivity contribution in [2.24, 2.45) is 17.8 Å². The summed E-state index contributed by atoms with van der Waals surface area (Å²) in [7, 11) is 0. The molecule has 1 saturated heterocycles. The van der Waals surface area contributed by atoms with Gasteiger partial charge in [-0.15, -0.1) is 0 Å². The Balaban J connectivity index is 1.51. The molecule has 2 fully saturated rings. The third-order valence-electron chi connectivity index (χ3n) is 6.77. The number of nitro benzene ring substituents is 1. The molecule has 2 aromatic carbocycles. The first-order valence-electron chi connectivity index (χ1n) is 12.0. The molecule has 180 valence electrons. The Morgan fingerprint density at radius 3 is 2.50 bits per heavy atom. The molecule has 1 aliphatic carbocycles. The highest BCUT2D eigenvalue weighted by atomic mass is 16.6. The molecule has 1 N–H and O–H groups in total. The average molecular weight is 466 g/mol. The number of carbonyl (C=O) groups excluding carboxylic acids is 2. The van der Waals surface area contributed by atoms with E-state index in [1.165, 1.54) is 6.07 Å². The molecular weight excluding hydrogens is 434 g/mol. The number of ether oxygens (including phenoxy) is 1. The quantitative estimate of drug-likeness (QED) is 0.216. The number of benzene rings is 2. The highest BCUT2D eigenvalue weighted by Crippen LogP contribution is 2.43. The lowest BCUT2D eigenvalue weighted by molar-refractivity contribution is -0.383. The summed E-state index contributed by atoms with van der Waals surface area (Å²) in [5, 5.41) is 14.9. The standard InChI is InChI=1S/C26H31N3O5/c1-3-4-5-14-34-20-10-7-18(8-11-20)27-23-13-9-19(16-24(23)29(32)33)28-25(30)21-12-6-17(2)15-22(21)26(28)31/h7-11,13,16-17,21-22,27H,3-6,12,14-15H2,1-2H3. The van der Waals surface area contributed by atoms with Crippen molar-refractivity contribution in [3.05, 3.63) is 52.6 Å². The smallest absolute Gasteiger partial charge is 0.294 e. The molecule has 0 bridgehead atoms. The molecule has 4 rings (SSSR count). The predicted octanol–water partition coefficient (Wildman–Crippen LogP) is 5.83. The van der Waals surface area contributed by atoms with E-state index < -0.39 is 4.92 Å². The van der Waals surface area contributed by atoms with Gasteiger partial charge in [0.15, 0.2) is 0 Å². The van der Waals surface area contributed by atoms with E-state index in [4.69, 9.17) is 4.74 Å². The number of carbonyl (C=O) groups is 2. The summed E-state index contributed by atoms with van der Waals surface area (Å²) in [6.45, 7) is 4.88. The summed E-state index contributed by atoms with van der Waals surface area (Å²) in [6, 6.07) is 11.7. The van der Waals surface area contributed by atoms with Crippen LogP contribution in [0.4, 0.5) is 22.7 Å². The van der Waals surface area contributed by atoms with Crippen molar-refractivity contribution in [1.29, 1.82) is 0 Å². The van der Waals surface area contributed by atoms with Crippen LogP contribution in [0.25, 0.3) is 0 Å². The van der Waals surface area contributed by atoms with Gasteiger partial charge in [-0.25, -0.2) is 4.90 Å². The van der Waals surface area contributed by atoms with Crippen molar-refractivity contribution in [3.63, 3.8) is 0 Å². The van der Waals surface area contributed by atoms with Gasteiger partial charge in [0.1, 0.15) is 11.4 Å². The minimum absolute atomic E-state index is 0.193. The van der Waals surface area contributed by atoms with E-state index in [2.05, 4.69) is 19.2 Å². The first-order chi connectivity index (χ1) is 16.4. The molecular formula is C26H31N3O5. The molecule has 0 radical (unpaired) electrons. The largest absolute Gasteiger partial charge is 0.494 e. The molecule has 2 aromatic rings. The second-order valence-corrected chi connectivity index (χ2v) is 9.31. The predicted molar refractivity (Wildman–Crippen MR) is 130 cm³/mol. The number of fused-ring (bicyclic) bond motifs is 1. The Morgan fingerprint density at radius 2 is 1.79 bits per heavy atom. The monoisotopic (exact) mass is 465 g/mol. The number of imide groups is 1. The van der Waals surface area contributed by atoms with Gasteiger partial charge in [0.25, 0.3) is 5.69 Å². The lowest BCUT2D eigenvalue weighted by Crippen LogP contribution is -2.30. The molecule has 1 saturated carbocycles. The summed E-state index contributed by atoms with van der Waals surface area (Å²) < 4.78 is 5.71. The summed E-state index contributed by atoms with van der Waals surface area (Å²) in [5.74, 6) is 0.0110. The van der Waals surface area contributed by atoms with E-state index in [9.17, 15) is 19.7 Å². The first kappa shape index (κ1) is 23.7. The van der Waals surface area contributed by atoms with Crippen LogP contribution in [0.15, 0.2) is 42.5 Å². The Kier molecular flexibility index (Phi) is 7.14. The van der Waals surface area contributed by atoms with Crippen LogP contribution in [0, 0.1) is 27.9 Å². The molecule has 8 heteroatoms. The van der Waals surface area contributed by atoms with Gasteiger partial charge in [0, 0.05) is 11.8 Å². The van der Waals surface area contributed by atoms with E-state index in [-0.39, 0.29) is 40.7 Å². The maximum atomic E-state index is 13.0. The average Bonchev–Trinajstić information content (AvgIpc) is 3.07. The lowest BCUT2D eigenvalue weighted by atomic mass is 9.76. The molecule has 3 atom stereocenters. The molecule has 2 aliphatic rings. The molecule has 1 aliphatic heterocycles. The number of hydrogen-bond donors (Lipinski definition) is 1. The fourth-order valence-corrected chi connectivity index (χ4v) is 4.89. The SMILES string of the molecule is CCCCCOc1ccc(Nc2ccc(N3C(=O)C4CCC(C)CC4C3=O)cc2[N+](=O)[O-])cc1. The Hall–Kier alpha value is -3.42. The Labute approximate surface area is 199 Å². The molecule has 8 nitrogen and oxygen atoms in total. The van der Waals surface area contributed by atoms with Crippen molar-refractivity contribution >= 4 is 34.6 Å². The number of rotatable bonds is 9. The molecule has 0 aromatic heterocycles. The van der Waals surface area contributed by atoms with Crippen LogP contribution in [0.5, 0.6) is 5.75 Å². The summed E-state index contributed by atoms with van der Waals surface area (Å²) in [6.07, 6.45) is 5.54. The second-order valence-electron chi connectivity index (χ2n) is 9.31. The van der Waals surface area contributed by atoms with E-state index in [0.717, 1.165) is 36.3 Å². The van der Waals surface area contributed by atoms with Crippen molar-refractivity contribution in [2.75, 3.05) is 16.8 Å². The minimum atomic E-state index is -0.503. The number of nitro groups is 1. The van der Waals surface area contributed by atoms with Crippen LogP contribution in [0.1, 0.15) is 52.4 Å². The zero-order valence-electron chi connectivity index (χ0n) is 19.7. The molecule has 3 unspecified atom stereocenters. The van der Waals surface area contributed by atoms with Gasteiger partial charge in [-0.3, -0.25) is 19.7 Å². The van der Waals surface area contributed by atoms with Crippen molar-refractivity contribution in [1.82, 2.24) is 0 Å². The number of hydrogen-bond acceptors (Lipinski definition) is 6. The van der Waals surface area contributed by atoms with Crippen LogP contribution in [-0.4, -0.2) is 23.3 Å². The van der Waals surface area contributed by atoms with Gasteiger partial charge in [-0.2, -0.15) is 0 Å². The zero-order valence-corrected chi connectivity index (χ0v) is 19.7. The number of amides is 2. The van der Waals surface area contributed by atoms with E-state index in [0.29, 0.717) is 31.1 Å². The zero-order chi connectivity index (χ0) is 24.2. The fourth-order valence-electron chi connectivity index (χ4n) is 4.89. The molecule has 1 heterocycles. The maximum Gasteiger partial charge on any atom is 0.294 e. The van der Waals surface area contributed by atoms with E-state index in [1.807, 2.05) is 12.1 Å². The van der Waals surface area contributed by atoms with E-state index >= 15 is 0 Å². The number of nitrogens with zero attached hydrogens (tertiary/aromatic N) is 2. The Morgan fingerprint density at radius 1 is 1.06 bits per heavy atom. The van der Waals surface area contributed by atoms with Gasteiger partial charge in [-0.1, -0.05) is 26.7 Å². The molecule has 2 amide bonds. The van der Waals surface area contributed by atoms with Crippen LogP contribution < -0.4 is 15.0 Å². The Bertz CT molecular complexity index is 1070. The topological polar surface area (TPSA) is 102 Å². The first-order valence-corrected chi connectivity index (χ1v) is 12.0. The van der Waals surface area contributed by atoms with Gasteiger partial charge in [0.05, 0.1) is 29.1 Å². The summed E-state index contributed by atoms with van der Waals surface area (Å²) in [4.78, 5) is 38.4. The van der Waals surface area contributed by atoms with Gasteiger partial charge < -0.3 is 10.1 Å². The summed E-state index contributed by atoms with van der Waals surface area (Å²) >= 11 is 0. The van der Waals surface area contributed by atoms with Crippen LogP contribution in [0.2, 0.25) is 0 Å². The summed E-state index contributed by atoms with van der Waals surface area (Å²) in [5.41, 5.74) is 1.02. The highest BCUT2D eigenvalue weighted by molar-refractivity contribution is 6.22. The van der Waals surface area contributed by atoms with Gasteiger partial charge in [0.2, 0.25) is 11.8 Å². The van der Waals surface area contributed by atoms with Gasteiger partial charge in [-0.05, 0) is 68.0 Å². The number of unbranched alkanes of at least 4 members (excludes halogenated alkanes) is 2. The van der Waals surface area contributed by atoms with Crippen molar-refractivity contribution in [3.8, 4) is 5.75 Å². The highest BCUT2D eigenvalue weighted by Gasteiger charge is 2.50. The minimum Gasteiger partial charge on any atom is -0.494 e. The van der Waals surface area contributed by atoms with E-state index in [1.54, 1.807) is 24.3 Å². The van der Waals surface area contributed by atoms with Crippen molar-refractivity contribution < 1.29 is 19.2 Å². The van der Waals surface area contributed by atoms with Crippen LogP contribution in [-0.2, 0) is 9.59 Å². The fraction of sp³-hybridized carbons (Fsp3) is 0.462. The maximum absolute atomic E-state index is 13.0. The number of anilines is 3. The van der Waals surface area contributed by atoms with Crippen LogP contribution in [0.3, 0.4) is 0 Å². The molecule has 0 spiro atoms. The van der Waals surface area contributed by atoms with Gasteiger partial charge >= 0.3 is 0 Å². The molecule has 34 heavy (non-hydrogen) atoms. The normalized spacial score (nSPS) is 21.9. The third kappa shape index (κ3) is 4.90. The third-order valence-corrected chi connectivity index (χ3v) is 6.77. The number of nitrogens with one attached hydrogen (secondary N) is 1. The van der Waals surface area contributed by atoms with Crippen molar-refractivity contribution in [2.45, 2.75) is 52.4 Å². The second kappa shape index (κ2) is 10.2. The lowest BCUT2D eigenvalue weighted by Gasteiger charge is -2.25. The van der Waals surface area contributed by atoms with Crippen LogP contribution >= 0.6 is 0 Å².